The quantitative estimate of drug-likeness (QED) is 0.811. The lowest BCUT2D eigenvalue weighted by molar-refractivity contribution is 0.474. The summed E-state index contributed by atoms with van der Waals surface area (Å²) in [5, 5.41) is 9.07. The molecule has 1 aromatic carbocycles. The average molecular weight is 216 g/mol. The Bertz CT molecular complexity index is 248. The van der Waals surface area contributed by atoms with Gasteiger partial charge in [0.2, 0.25) is 0 Å². The van der Waals surface area contributed by atoms with E-state index in [-0.39, 0.29) is 18.4 Å². The highest BCUT2D eigenvalue weighted by atomic mass is 35.5. The summed E-state index contributed by atoms with van der Waals surface area (Å²) in [6.45, 7) is 2.16. The fraction of sp³-hybridized carbons (Fsp3) is 0.455. The first-order valence-corrected chi connectivity index (χ1v) is 4.78. The van der Waals surface area contributed by atoms with Gasteiger partial charge in [-0.2, -0.15) is 0 Å². The maximum atomic E-state index is 9.07. The van der Waals surface area contributed by atoms with Gasteiger partial charge in [0.25, 0.3) is 0 Å². The Morgan fingerprint density at radius 3 is 2.36 bits per heavy atom. The first kappa shape index (κ1) is 13.3. The summed E-state index contributed by atoms with van der Waals surface area (Å²) >= 11 is 0. The van der Waals surface area contributed by atoms with Crippen molar-refractivity contribution in [2.75, 3.05) is 0 Å². The summed E-state index contributed by atoms with van der Waals surface area (Å²) in [6, 6.07) is 7.24. The molecule has 1 atom stereocenters. The second-order valence-corrected chi connectivity index (χ2v) is 3.34. The molecule has 1 rings (SSSR count). The normalized spacial score (nSPS) is 11.9. The van der Waals surface area contributed by atoms with Crippen LogP contribution in [0.4, 0.5) is 0 Å². The van der Waals surface area contributed by atoms with Crippen LogP contribution in [0, 0.1) is 0 Å². The van der Waals surface area contributed by atoms with Crippen molar-refractivity contribution in [2.24, 2.45) is 5.73 Å². The highest BCUT2D eigenvalue weighted by Crippen LogP contribution is 2.18. The molecule has 0 bridgehead atoms. The molecular formula is C11H18ClNO. The number of nitrogens with two attached hydrogens (primary N) is 1. The Morgan fingerprint density at radius 1 is 1.29 bits per heavy atom. The van der Waals surface area contributed by atoms with Gasteiger partial charge in [-0.3, -0.25) is 0 Å². The molecule has 1 aromatic rings. The standard InChI is InChI=1S/C11H17NO.ClH/c1-2-3-4-11(12)9-5-7-10(13)8-6-9;/h5-8,11,13H,2-4,12H2,1H3;1H/t11-;/m0./s1. The Labute approximate surface area is 91.5 Å². The van der Waals surface area contributed by atoms with E-state index < -0.39 is 0 Å². The van der Waals surface area contributed by atoms with Crippen molar-refractivity contribution in [1.29, 1.82) is 0 Å². The SMILES string of the molecule is CCCC[C@H](N)c1ccc(O)cc1.Cl. The summed E-state index contributed by atoms with van der Waals surface area (Å²) in [4.78, 5) is 0. The molecule has 0 aliphatic rings. The molecule has 0 aliphatic carbocycles. The van der Waals surface area contributed by atoms with Gasteiger partial charge in [0.05, 0.1) is 0 Å². The Hall–Kier alpha value is -0.730. The summed E-state index contributed by atoms with van der Waals surface area (Å²) in [5.41, 5.74) is 7.05. The largest absolute Gasteiger partial charge is 0.508 e. The van der Waals surface area contributed by atoms with Crippen LogP contribution in [0.2, 0.25) is 0 Å². The lowest BCUT2D eigenvalue weighted by Gasteiger charge is -2.10. The molecule has 0 amide bonds. The third-order valence-electron chi connectivity index (χ3n) is 2.19. The van der Waals surface area contributed by atoms with Gasteiger partial charge in [-0.1, -0.05) is 31.9 Å². The smallest absolute Gasteiger partial charge is 0.115 e. The van der Waals surface area contributed by atoms with Gasteiger partial charge in [0.1, 0.15) is 5.75 Å². The number of phenolic OH excluding ortho intramolecular Hbond substituents is 1. The predicted molar refractivity (Wildman–Crippen MR) is 61.8 cm³/mol. The third-order valence-corrected chi connectivity index (χ3v) is 2.19. The molecule has 0 unspecified atom stereocenters. The van der Waals surface area contributed by atoms with Crippen molar-refractivity contribution in [2.45, 2.75) is 32.2 Å². The first-order chi connectivity index (χ1) is 6.24. The molecule has 0 aromatic heterocycles. The van der Waals surface area contributed by atoms with E-state index in [1.165, 1.54) is 6.42 Å². The molecule has 0 spiro atoms. The van der Waals surface area contributed by atoms with Gasteiger partial charge in [-0.25, -0.2) is 0 Å². The number of halogens is 1. The Balaban J connectivity index is 0.00000169. The lowest BCUT2D eigenvalue weighted by Crippen LogP contribution is -2.09. The van der Waals surface area contributed by atoms with E-state index >= 15 is 0 Å². The fourth-order valence-electron chi connectivity index (χ4n) is 1.31. The molecule has 0 heterocycles. The van der Waals surface area contributed by atoms with Gasteiger partial charge in [-0.15, -0.1) is 12.4 Å². The number of hydrogen-bond acceptors (Lipinski definition) is 2. The summed E-state index contributed by atoms with van der Waals surface area (Å²) < 4.78 is 0. The van der Waals surface area contributed by atoms with Crippen LogP contribution in [-0.2, 0) is 0 Å². The molecule has 3 heteroatoms. The van der Waals surface area contributed by atoms with Crippen molar-refractivity contribution in [3.8, 4) is 5.75 Å². The van der Waals surface area contributed by atoms with Crippen LogP contribution >= 0.6 is 12.4 Å². The molecule has 0 saturated heterocycles. The van der Waals surface area contributed by atoms with E-state index in [2.05, 4.69) is 6.92 Å². The zero-order valence-electron chi connectivity index (χ0n) is 8.44. The van der Waals surface area contributed by atoms with E-state index in [0.717, 1.165) is 18.4 Å². The van der Waals surface area contributed by atoms with Gasteiger partial charge >= 0.3 is 0 Å². The van der Waals surface area contributed by atoms with E-state index in [9.17, 15) is 0 Å². The van der Waals surface area contributed by atoms with Crippen LogP contribution < -0.4 is 5.73 Å². The van der Waals surface area contributed by atoms with Gasteiger partial charge in [0, 0.05) is 6.04 Å². The fourth-order valence-corrected chi connectivity index (χ4v) is 1.31. The Morgan fingerprint density at radius 2 is 1.86 bits per heavy atom. The highest BCUT2D eigenvalue weighted by molar-refractivity contribution is 5.85. The number of benzene rings is 1. The van der Waals surface area contributed by atoms with Crippen LogP contribution in [0.3, 0.4) is 0 Å². The predicted octanol–water partition coefficient (Wildman–Crippen LogP) is 3.00. The topological polar surface area (TPSA) is 46.2 Å². The molecule has 0 fully saturated rings. The zero-order valence-corrected chi connectivity index (χ0v) is 9.26. The van der Waals surface area contributed by atoms with E-state index in [1.54, 1.807) is 12.1 Å². The second kappa shape index (κ2) is 6.68. The molecule has 14 heavy (non-hydrogen) atoms. The van der Waals surface area contributed by atoms with Crippen LogP contribution in [0.5, 0.6) is 5.75 Å². The van der Waals surface area contributed by atoms with Gasteiger partial charge < -0.3 is 10.8 Å². The van der Waals surface area contributed by atoms with Gasteiger partial charge in [-0.05, 0) is 24.1 Å². The maximum absolute atomic E-state index is 9.07. The highest BCUT2D eigenvalue weighted by Gasteiger charge is 2.04. The molecule has 3 N–H and O–H groups in total. The van der Waals surface area contributed by atoms with Crippen molar-refractivity contribution >= 4 is 12.4 Å². The van der Waals surface area contributed by atoms with Crippen LogP contribution in [0.15, 0.2) is 24.3 Å². The second-order valence-electron chi connectivity index (χ2n) is 3.34. The summed E-state index contributed by atoms with van der Waals surface area (Å²) in [6.07, 6.45) is 3.34. The molecule has 0 saturated carbocycles. The van der Waals surface area contributed by atoms with Crippen LogP contribution in [0.25, 0.3) is 0 Å². The van der Waals surface area contributed by atoms with E-state index in [4.69, 9.17) is 10.8 Å². The Kier molecular flexibility index (Phi) is 6.34. The molecular weight excluding hydrogens is 198 g/mol. The molecule has 80 valence electrons. The number of phenols is 1. The molecule has 2 nitrogen and oxygen atoms in total. The first-order valence-electron chi connectivity index (χ1n) is 4.78. The zero-order chi connectivity index (χ0) is 9.68. The summed E-state index contributed by atoms with van der Waals surface area (Å²) in [5.74, 6) is 0.298. The van der Waals surface area contributed by atoms with Crippen molar-refractivity contribution in [3.05, 3.63) is 29.8 Å². The number of rotatable bonds is 4. The summed E-state index contributed by atoms with van der Waals surface area (Å²) in [7, 11) is 0. The molecule has 0 aliphatic heterocycles. The lowest BCUT2D eigenvalue weighted by atomic mass is 10.0. The van der Waals surface area contributed by atoms with Crippen molar-refractivity contribution in [3.63, 3.8) is 0 Å². The van der Waals surface area contributed by atoms with Crippen molar-refractivity contribution in [1.82, 2.24) is 0 Å². The van der Waals surface area contributed by atoms with Gasteiger partial charge in [0.15, 0.2) is 0 Å². The van der Waals surface area contributed by atoms with Crippen LogP contribution in [-0.4, -0.2) is 5.11 Å². The van der Waals surface area contributed by atoms with Crippen molar-refractivity contribution < 1.29 is 5.11 Å². The van der Waals surface area contributed by atoms with E-state index in [1.807, 2.05) is 12.1 Å². The minimum Gasteiger partial charge on any atom is -0.508 e. The van der Waals surface area contributed by atoms with E-state index in [0.29, 0.717) is 5.75 Å². The molecule has 0 radical (unpaired) electrons. The minimum absolute atomic E-state index is 0. The minimum atomic E-state index is 0. The third kappa shape index (κ3) is 3.99. The number of hydrogen-bond donors (Lipinski definition) is 2. The monoisotopic (exact) mass is 215 g/mol. The number of aromatic hydroxyl groups is 1. The maximum Gasteiger partial charge on any atom is 0.115 e. The average Bonchev–Trinajstić information content (AvgIpc) is 2.15. The van der Waals surface area contributed by atoms with Crippen LogP contribution in [0.1, 0.15) is 37.8 Å². The number of unbranched alkanes of at least 4 members (excludes halogenated alkanes) is 1.